The molecular formula is C20H23N3O2. The molecule has 0 spiro atoms. The van der Waals surface area contributed by atoms with Gasteiger partial charge in [-0.05, 0) is 45.0 Å². The number of nitrogens with zero attached hydrogens (tertiary/aromatic N) is 3. The summed E-state index contributed by atoms with van der Waals surface area (Å²) in [6, 6.07) is 13.8. The highest BCUT2D eigenvalue weighted by Gasteiger charge is 2.18. The standard InChI is InChI=1S/C20H23N3O2/c1-14-10-11-18(25-14)13-22(4)20(24)12-19-15(2)21-23(16(19)3)17-8-6-5-7-9-17/h5-11H,12-13H2,1-4H3. The maximum Gasteiger partial charge on any atom is 0.227 e. The molecule has 0 fully saturated rings. The molecular weight excluding hydrogens is 314 g/mol. The third-order valence-electron chi connectivity index (χ3n) is 4.38. The van der Waals surface area contributed by atoms with Gasteiger partial charge in [-0.25, -0.2) is 4.68 Å². The maximum absolute atomic E-state index is 12.6. The zero-order chi connectivity index (χ0) is 18.0. The minimum atomic E-state index is 0.0489. The van der Waals surface area contributed by atoms with E-state index in [9.17, 15) is 4.79 Å². The Morgan fingerprint density at radius 3 is 2.48 bits per heavy atom. The third kappa shape index (κ3) is 3.65. The molecule has 0 saturated heterocycles. The van der Waals surface area contributed by atoms with E-state index >= 15 is 0 Å². The number of carbonyl (C=O) groups is 1. The molecule has 25 heavy (non-hydrogen) atoms. The van der Waals surface area contributed by atoms with E-state index in [1.165, 1.54) is 0 Å². The molecule has 1 aromatic carbocycles. The van der Waals surface area contributed by atoms with Gasteiger partial charge in [-0.15, -0.1) is 0 Å². The SMILES string of the molecule is Cc1ccc(CN(C)C(=O)Cc2c(C)nn(-c3ccccc3)c2C)o1. The first-order valence-corrected chi connectivity index (χ1v) is 8.35. The Morgan fingerprint density at radius 2 is 1.84 bits per heavy atom. The first kappa shape index (κ1) is 17.0. The summed E-state index contributed by atoms with van der Waals surface area (Å²) in [5.41, 5.74) is 3.87. The van der Waals surface area contributed by atoms with Gasteiger partial charge in [-0.3, -0.25) is 4.79 Å². The van der Waals surface area contributed by atoms with E-state index < -0.39 is 0 Å². The van der Waals surface area contributed by atoms with Crippen molar-refractivity contribution in [2.45, 2.75) is 33.7 Å². The Hall–Kier alpha value is -2.82. The van der Waals surface area contributed by atoms with E-state index in [1.807, 2.05) is 67.9 Å². The summed E-state index contributed by atoms with van der Waals surface area (Å²) in [4.78, 5) is 14.3. The van der Waals surface area contributed by atoms with Crippen LogP contribution >= 0.6 is 0 Å². The predicted octanol–water partition coefficient (Wildman–Crippen LogP) is 3.59. The summed E-state index contributed by atoms with van der Waals surface area (Å²) in [5, 5.41) is 4.61. The highest BCUT2D eigenvalue weighted by Crippen LogP contribution is 2.19. The van der Waals surface area contributed by atoms with Gasteiger partial charge in [0.05, 0.1) is 24.3 Å². The Balaban J connectivity index is 1.76. The van der Waals surface area contributed by atoms with Crippen molar-refractivity contribution in [1.29, 1.82) is 0 Å². The van der Waals surface area contributed by atoms with Crippen LogP contribution in [0.25, 0.3) is 5.69 Å². The van der Waals surface area contributed by atoms with Crippen molar-refractivity contribution in [2.24, 2.45) is 0 Å². The molecule has 5 heteroatoms. The van der Waals surface area contributed by atoms with E-state index in [2.05, 4.69) is 5.10 Å². The minimum absolute atomic E-state index is 0.0489. The Morgan fingerprint density at radius 1 is 1.12 bits per heavy atom. The average Bonchev–Trinajstić information content (AvgIpc) is 3.13. The molecule has 0 bridgehead atoms. The van der Waals surface area contributed by atoms with Crippen LogP contribution in [-0.4, -0.2) is 27.6 Å². The van der Waals surface area contributed by atoms with Crippen molar-refractivity contribution in [3.8, 4) is 5.69 Å². The lowest BCUT2D eigenvalue weighted by molar-refractivity contribution is -0.129. The van der Waals surface area contributed by atoms with Crippen LogP contribution in [0.1, 0.15) is 28.5 Å². The highest BCUT2D eigenvalue weighted by molar-refractivity contribution is 5.79. The van der Waals surface area contributed by atoms with Crippen LogP contribution in [0.5, 0.6) is 0 Å². The van der Waals surface area contributed by atoms with Crippen LogP contribution in [0.15, 0.2) is 46.9 Å². The fraction of sp³-hybridized carbons (Fsp3) is 0.300. The van der Waals surface area contributed by atoms with Gasteiger partial charge in [0.25, 0.3) is 0 Å². The first-order valence-electron chi connectivity index (χ1n) is 8.35. The van der Waals surface area contributed by atoms with Gasteiger partial charge in [0.15, 0.2) is 0 Å². The predicted molar refractivity (Wildman–Crippen MR) is 96.7 cm³/mol. The number of hydrogen-bond donors (Lipinski definition) is 0. The fourth-order valence-electron chi connectivity index (χ4n) is 2.93. The van der Waals surface area contributed by atoms with Crippen molar-refractivity contribution in [1.82, 2.24) is 14.7 Å². The van der Waals surface area contributed by atoms with Crippen LogP contribution < -0.4 is 0 Å². The zero-order valence-electron chi connectivity index (χ0n) is 15.1. The van der Waals surface area contributed by atoms with Crippen LogP contribution in [0.2, 0.25) is 0 Å². The van der Waals surface area contributed by atoms with E-state index in [1.54, 1.807) is 11.9 Å². The van der Waals surface area contributed by atoms with E-state index in [0.29, 0.717) is 13.0 Å². The van der Waals surface area contributed by atoms with Gasteiger partial charge in [-0.1, -0.05) is 18.2 Å². The molecule has 130 valence electrons. The van der Waals surface area contributed by atoms with E-state index in [-0.39, 0.29) is 5.91 Å². The third-order valence-corrected chi connectivity index (χ3v) is 4.38. The molecule has 0 radical (unpaired) electrons. The van der Waals surface area contributed by atoms with Crippen LogP contribution in [-0.2, 0) is 17.8 Å². The lowest BCUT2D eigenvalue weighted by Gasteiger charge is -2.16. The highest BCUT2D eigenvalue weighted by atomic mass is 16.3. The summed E-state index contributed by atoms with van der Waals surface area (Å²) in [6.07, 6.45) is 0.334. The molecule has 0 unspecified atom stereocenters. The summed E-state index contributed by atoms with van der Waals surface area (Å²) < 4.78 is 7.45. The monoisotopic (exact) mass is 337 g/mol. The van der Waals surface area contributed by atoms with Crippen LogP contribution in [0.4, 0.5) is 0 Å². The second kappa shape index (κ2) is 6.97. The topological polar surface area (TPSA) is 51.3 Å². The number of rotatable bonds is 5. The van der Waals surface area contributed by atoms with Crippen molar-refractivity contribution in [3.05, 3.63) is 70.9 Å². The molecule has 2 aromatic heterocycles. The Labute approximate surface area is 147 Å². The molecule has 0 N–H and O–H groups in total. The molecule has 5 nitrogen and oxygen atoms in total. The summed E-state index contributed by atoms with van der Waals surface area (Å²) in [5.74, 6) is 1.70. The normalized spacial score (nSPS) is 10.9. The Kier molecular flexibility index (Phi) is 4.74. The smallest absolute Gasteiger partial charge is 0.227 e. The number of amides is 1. The van der Waals surface area contributed by atoms with Gasteiger partial charge in [0.1, 0.15) is 11.5 Å². The second-order valence-corrected chi connectivity index (χ2v) is 6.34. The lowest BCUT2D eigenvalue weighted by Crippen LogP contribution is -2.27. The molecule has 0 aliphatic rings. The maximum atomic E-state index is 12.6. The molecule has 3 aromatic rings. The number of carbonyl (C=O) groups excluding carboxylic acids is 1. The van der Waals surface area contributed by atoms with Crippen molar-refractivity contribution in [3.63, 3.8) is 0 Å². The Bertz CT molecular complexity index is 878. The van der Waals surface area contributed by atoms with Gasteiger partial charge in [0.2, 0.25) is 5.91 Å². The van der Waals surface area contributed by atoms with E-state index in [0.717, 1.165) is 34.2 Å². The molecule has 0 aliphatic heterocycles. The zero-order valence-corrected chi connectivity index (χ0v) is 15.1. The number of aryl methyl sites for hydroxylation is 2. The lowest BCUT2D eigenvalue weighted by atomic mass is 10.1. The summed E-state index contributed by atoms with van der Waals surface area (Å²) in [6.45, 7) is 6.32. The summed E-state index contributed by atoms with van der Waals surface area (Å²) in [7, 11) is 1.80. The molecule has 0 saturated carbocycles. The van der Waals surface area contributed by atoms with Crippen LogP contribution in [0.3, 0.4) is 0 Å². The second-order valence-electron chi connectivity index (χ2n) is 6.34. The minimum Gasteiger partial charge on any atom is -0.464 e. The quantitative estimate of drug-likeness (QED) is 0.715. The van der Waals surface area contributed by atoms with Gasteiger partial charge >= 0.3 is 0 Å². The molecule has 0 aliphatic carbocycles. The van der Waals surface area contributed by atoms with Crippen molar-refractivity contribution >= 4 is 5.91 Å². The fourth-order valence-corrected chi connectivity index (χ4v) is 2.93. The molecule has 2 heterocycles. The van der Waals surface area contributed by atoms with Crippen molar-refractivity contribution < 1.29 is 9.21 Å². The number of aromatic nitrogens is 2. The van der Waals surface area contributed by atoms with Gasteiger partial charge in [-0.2, -0.15) is 5.10 Å². The number of likely N-dealkylation sites (N-methyl/N-ethyl adjacent to an activating group) is 1. The number of para-hydroxylation sites is 1. The molecule has 0 atom stereocenters. The summed E-state index contributed by atoms with van der Waals surface area (Å²) >= 11 is 0. The number of furan rings is 1. The van der Waals surface area contributed by atoms with E-state index in [4.69, 9.17) is 4.42 Å². The van der Waals surface area contributed by atoms with Crippen molar-refractivity contribution in [2.75, 3.05) is 7.05 Å². The largest absolute Gasteiger partial charge is 0.464 e. The van der Waals surface area contributed by atoms with Gasteiger partial charge in [0, 0.05) is 18.3 Å². The van der Waals surface area contributed by atoms with Gasteiger partial charge < -0.3 is 9.32 Å². The van der Waals surface area contributed by atoms with Crippen LogP contribution in [0, 0.1) is 20.8 Å². The number of hydrogen-bond acceptors (Lipinski definition) is 3. The molecule has 3 rings (SSSR count). The molecule has 1 amide bonds. The average molecular weight is 337 g/mol. The number of benzene rings is 1. The first-order chi connectivity index (χ1) is 12.0.